The van der Waals surface area contributed by atoms with E-state index in [0.717, 1.165) is 83.1 Å². The average molecular weight is 895 g/mol. The molecule has 15 aromatic rings. The van der Waals surface area contributed by atoms with Crippen LogP contribution in [0, 0.1) is 0 Å². The lowest BCUT2D eigenvalue weighted by Crippen LogP contribution is -2.02. The van der Waals surface area contributed by atoms with Gasteiger partial charge in [-0.3, -0.25) is 0 Å². The quantitative estimate of drug-likeness (QED) is 0.167. The number of aromatic nitrogens is 6. The maximum atomic E-state index is 6.32. The van der Waals surface area contributed by atoms with E-state index < -0.39 is 0 Å². The van der Waals surface area contributed by atoms with Gasteiger partial charge in [0.2, 0.25) is 0 Å². The Balaban J connectivity index is 0.968. The van der Waals surface area contributed by atoms with E-state index in [1.807, 2.05) is 54.6 Å². The van der Waals surface area contributed by atoms with Gasteiger partial charge in [0.15, 0.2) is 17.5 Å². The van der Waals surface area contributed by atoms with Crippen LogP contribution < -0.4 is 0 Å². The molecular weight excluding hydrogens is 857 g/mol. The van der Waals surface area contributed by atoms with Crippen molar-refractivity contribution < 1.29 is 4.42 Å². The summed E-state index contributed by atoms with van der Waals surface area (Å²) in [5.41, 5.74) is 14.4. The zero-order chi connectivity index (χ0) is 45.9. The van der Waals surface area contributed by atoms with E-state index in [1.165, 1.54) is 38.0 Å². The SMILES string of the molecule is c1ccc(-c2nc(-c3ccc(-n4c5cccc(-n6c7ccccc7c7ccccc76)c5c5cccc(-n6c7ccccc7c7ccccc76)c54)cc3)nc(-c3ccc4c(c3)oc3ccccc34)n2)cc1. The second-order valence-electron chi connectivity index (χ2n) is 17.9. The lowest BCUT2D eigenvalue weighted by Gasteiger charge is -2.15. The van der Waals surface area contributed by atoms with Gasteiger partial charge >= 0.3 is 0 Å². The number of para-hydroxylation sites is 6. The standard InChI is InChI=1S/C63H38N6O/c1-2-16-39(17-3-1)61-64-62(66-63(65-61)41-34-37-48-47-22-8-13-31-57(47)70-58(48)38-41)40-32-35-42(36-33-40)67-54-28-15-29-55(68-50-24-9-4-18-43(50)44-19-5-10-25-51(44)68)59(54)49-23-14-30-56(60(49)67)69-52-26-11-6-20-45(52)46-21-7-12-27-53(46)69/h1-38H. The molecule has 0 atom stereocenters. The highest BCUT2D eigenvalue weighted by Crippen LogP contribution is 2.44. The smallest absolute Gasteiger partial charge is 0.164 e. The Labute approximate surface area is 400 Å². The first-order chi connectivity index (χ1) is 34.7. The third-order valence-corrected chi connectivity index (χ3v) is 14.1. The summed E-state index contributed by atoms with van der Waals surface area (Å²) in [5, 5.41) is 9.37. The van der Waals surface area contributed by atoms with Gasteiger partial charge in [-0.25, -0.2) is 15.0 Å². The fraction of sp³-hybridized carbons (Fsp3) is 0. The summed E-state index contributed by atoms with van der Waals surface area (Å²) in [5.74, 6) is 1.76. The molecule has 0 radical (unpaired) electrons. The van der Waals surface area contributed by atoms with Crippen LogP contribution in [-0.4, -0.2) is 28.7 Å². The number of benzene rings is 10. The summed E-state index contributed by atoms with van der Waals surface area (Å²) in [6.45, 7) is 0. The number of hydrogen-bond acceptors (Lipinski definition) is 4. The molecule has 10 aromatic carbocycles. The largest absolute Gasteiger partial charge is 0.456 e. The van der Waals surface area contributed by atoms with Crippen LogP contribution in [0.4, 0.5) is 0 Å². The number of fused-ring (bicyclic) bond motifs is 12. The van der Waals surface area contributed by atoms with Crippen molar-refractivity contribution in [2.45, 2.75) is 0 Å². The molecule has 0 bridgehead atoms. The first kappa shape index (κ1) is 38.5. The molecule has 0 spiro atoms. The van der Waals surface area contributed by atoms with E-state index in [-0.39, 0.29) is 0 Å². The van der Waals surface area contributed by atoms with E-state index in [4.69, 9.17) is 19.4 Å². The summed E-state index contributed by atoms with van der Waals surface area (Å²) in [6.07, 6.45) is 0. The van der Waals surface area contributed by atoms with Crippen LogP contribution >= 0.6 is 0 Å². The summed E-state index contributed by atoms with van der Waals surface area (Å²) in [6, 6.07) is 81.6. The van der Waals surface area contributed by atoms with Gasteiger partial charge in [0.25, 0.3) is 0 Å². The minimum absolute atomic E-state index is 0.575. The normalized spacial score (nSPS) is 12.0. The van der Waals surface area contributed by atoms with Crippen molar-refractivity contribution >= 4 is 87.4 Å². The van der Waals surface area contributed by atoms with Gasteiger partial charge in [-0.2, -0.15) is 0 Å². The van der Waals surface area contributed by atoms with E-state index in [1.54, 1.807) is 0 Å². The van der Waals surface area contributed by atoms with E-state index in [9.17, 15) is 0 Å². The van der Waals surface area contributed by atoms with Gasteiger partial charge in [-0.1, -0.05) is 146 Å². The first-order valence-electron chi connectivity index (χ1n) is 23.6. The predicted octanol–water partition coefficient (Wildman–Crippen LogP) is 16.1. The molecule has 0 unspecified atom stereocenters. The van der Waals surface area contributed by atoms with Crippen LogP contribution in [0.1, 0.15) is 0 Å². The van der Waals surface area contributed by atoms with Crippen molar-refractivity contribution in [1.82, 2.24) is 28.7 Å². The molecule has 5 heterocycles. The fourth-order valence-electron chi connectivity index (χ4n) is 11.1. The molecule has 0 saturated carbocycles. The topological polar surface area (TPSA) is 66.6 Å². The molecule has 70 heavy (non-hydrogen) atoms. The molecule has 0 amide bonds. The van der Waals surface area contributed by atoms with Crippen LogP contribution in [-0.2, 0) is 0 Å². The molecule has 326 valence electrons. The zero-order valence-electron chi connectivity index (χ0n) is 37.5. The Morgan fingerprint density at radius 2 is 0.729 bits per heavy atom. The summed E-state index contributed by atoms with van der Waals surface area (Å²) in [7, 11) is 0. The molecule has 0 aliphatic carbocycles. The molecule has 0 N–H and O–H groups in total. The molecule has 7 heteroatoms. The number of rotatable bonds is 6. The van der Waals surface area contributed by atoms with Gasteiger partial charge in [0.1, 0.15) is 11.2 Å². The van der Waals surface area contributed by atoms with Gasteiger partial charge in [-0.05, 0) is 84.9 Å². The third kappa shape index (κ3) is 5.66. The monoisotopic (exact) mass is 894 g/mol. The van der Waals surface area contributed by atoms with Crippen molar-refractivity contribution in [2.24, 2.45) is 0 Å². The fourth-order valence-corrected chi connectivity index (χ4v) is 11.1. The van der Waals surface area contributed by atoms with E-state index in [2.05, 4.69) is 190 Å². The van der Waals surface area contributed by atoms with Crippen molar-refractivity contribution in [3.63, 3.8) is 0 Å². The van der Waals surface area contributed by atoms with Crippen LogP contribution in [0.5, 0.6) is 0 Å². The van der Waals surface area contributed by atoms with Crippen LogP contribution in [0.15, 0.2) is 235 Å². The van der Waals surface area contributed by atoms with Crippen LogP contribution in [0.25, 0.3) is 139 Å². The predicted molar refractivity (Wildman–Crippen MR) is 286 cm³/mol. The summed E-state index contributed by atoms with van der Waals surface area (Å²) in [4.78, 5) is 15.4. The Morgan fingerprint density at radius 3 is 1.36 bits per heavy atom. The summed E-state index contributed by atoms with van der Waals surface area (Å²) >= 11 is 0. The van der Waals surface area contributed by atoms with Gasteiger partial charge in [0, 0.05) is 65.5 Å². The maximum Gasteiger partial charge on any atom is 0.164 e. The van der Waals surface area contributed by atoms with Crippen molar-refractivity contribution in [3.05, 3.63) is 231 Å². The third-order valence-electron chi connectivity index (χ3n) is 14.1. The van der Waals surface area contributed by atoms with Crippen molar-refractivity contribution in [1.29, 1.82) is 0 Å². The van der Waals surface area contributed by atoms with Crippen molar-refractivity contribution in [3.8, 4) is 51.2 Å². The van der Waals surface area contributed by atoms with E-state index >= 15 is 0 Å². The number of hydrogen-bond donors (Lipinski definition) is 0. The van der Waals surface area contributed by atoms with Gasteiger partial charge in [-0.15, -0.1) is 0 Å². The van der Waals surface area contributed by atoms with E-state index in [0.29, 0.717) is 17.5 Å². The molecule has 15 rings (SSSR count). The molecule has 0 aliphatic heterocycles. The van der Waals surface area contributed by atoms with Gasteiger partial charge < -0.3 is 18.1 Å². The van der Waals surface area contributed by atoms with Crippen molar-refractivity contribution in [2.75, 3.05) is 0 Å². The highest BCUT2D eigenvalue weighted by molar-refractivity contribution is 6.19. The molecule has 0 aliphatic rings. The second kappa shape index (κ2) is 15.0. The molecule has 0 fully saturated rings. The number of nitrogens with zero attached hydrogens (tertiary/aromatic N) is 6. The average Bonchev–Trinajstić information content (AvgIpc) is 4.18. The second-order valence-corrected chi connectivity index (χ2v) is 17.9. The first-order valence-corrected chi connectivity index (χ1v) is 23.6. The highest BCUT2D eigenvalue weighted by atomic mass is 16.3. The molecule has 0 saturated heterocycles. The van der Waals surface area contributed by atoms with Crippen LogP contribution in [0.3, 0.4) is 0 Å². The minimum atomic E-state index is 0.575. The molecule has 5 aromatic heterocycles. The van der Waals surface area contributed by atoms with Gasteiger partial charge in [0.05, 0.1) is 44.5 Å². The molecule has 7 nitrogen and oxygen atoms in total. The highest BCUT2D eigenvalue weighted by Gasteiger charge is 2.24. The number of furan rings is 1. The Bertz CT molecular complexity index is 4490. The lowest BCUT2D eigenvalue weighted by atomic mass is 10.1. The lowest BCUT2D eigenvalue weighted by molar-refractivity contribution is 0.669. The molecular formula is C63H38N6O. The Hall–Kier alpha value is -9.59. The maximum absolute atomic E-state index is 6.32. The minimum Gasteiger partial charge on any atom is -0.456 e. The zero-order valence-corrected chi connectivity index (χ0v) is 37.5. The Morgan fingerprint density at radius 1 is 0.286 bits per heavy atom. The summed E-state index contributed by atoms with van der Waals surface area (Å²) < 4.78 is 13.7. The Kier molecular flexibility index (Phi) is 8.23. The van der Waals surface area contributed by atoms with Crippen LogP contribution in [0.2, 0.25) is 0 Å².